The van der Waals surface area contributed by atoms with Crippen LogP contribution in [-0.2, 0) is 9.59 Å². The molecule has 0 saturated carbocycles. The third-order valence-corrected chi connectivity index (χ3v) is 4.10. The fourth-order valence-corrected chi connectivity index (χ4v) is 2.96. The number of amides is 2. The van der Waals surface area contributed by atoms with Gasteiger partial charge in [-0.2, -0.15) is 0 Å². The minimum atomic E-state index is -0.290. The molecule has 0 radical (unpaired) electrons. The van der Waals surface area contributed by atoms with E-state index in [4.69, 9.17) is 15.2 Å². The van der Waals surface area contributed by atoms with Crippen molar-refractivity contribution in [2.24, 2.45) is 11.7 Å². The lowest BCUT2D eigenvalue weighted by molar-refractivity contribution is -0.125. The number of hydrogen-bond donors (Lipinski definition) is 2. The summed E-state index contributed by atoms with van der Waals surface area (Å²) in [6, 6.07) is 5.33. The van der Waals surface area contributed by atoms with Crippen LogP contribution < -0.4 is 20.5 Å². The van der Waals surface area contributed by atoms with Gasteiger partial charge < -0.3 is 20.5 Å². The maximum atomic E-state index is 12.2. The van der Waals surface area contributed by atoms with Gasteiger partial charge in [-0.05, 0) is 31.5 Å². The van der Waals surface area contributed by atoms with Crippen molar-refractivity contribution in [1.82, 2.24) is 4.90 Å². The average molecular weight is 319 g/mol. The van der Waals surface area contributed by atoms with E-state index in [9.17, 15) is 9.59 Å². The molecule has 0 unspecified atom stereocenters. The average Bonchev–Trinajstić information content (AvgIpc) is 2.55. The number of ether oxygens (including phenoxy) is 2. The van der Waals surface area contributed by atoms with Gasteiger partial charge in [0.2, 0.25) is 11.8 Å². The molecule has 7 heteroatoms. The van der Waals surface area contributed by atoms with E-state index in [-0.39, 0.29) is 24.3 Å². The summed E-state index contributed by atoms with van der Waals surface area (Å²) in [5.74, 6) is 0.759. The number of nitrogens with one attached hydrogen (secondary N) is 1. The topological polar surface area (TPSA) is 93.9 Å². The first kappa shape index (κ1) is 15.6. The molecule has 1 aromatic rings. The third kappa shape index (κ3) is 3.92. The molecule has 2 aliphatic heterocycles. The lowest BCUT2D eigenvalue weighted by atomic mass is 9.97. The largest absolute Gasteiger partial charge is 0.486 e. The van der Waals surface area contributed by atoms with Crippen molar-refractivity contribution >= 4 is 17.5 Å². The molecule has 2 aliphatic rings. The molecule has 0 aromatic heterocycles. The summed E-state index contributed by atoms with van der Waals surface area (Å²) >= 11 is 0. The van der Waals surface area contributed by atoms with Gasteiger partial charge in [0.15, 0.2) is 11.5 Å². The van der Waals surface area contributed by atoms with Crippen molar-refractivity contribution in [2.45, 2.75) is 12.8 Å². The lowest BCUT2D eigenvalue weighted by Gasteiger charge is -2.30. The fraction of sp³-hybridized carbons (Fsp3) is 0.500. The lowest BCUT2D eigenvalue weighted by Crippen LogP contribution is -2.44. The van der Waals surface area contributed by atoms with E-state index in [1.54, 1.807) is 18.2 Å². The van der Waals surface area contributed by atoms with Gasteiger partial charge in [-0.25, -0.2) is 0 Å². The number of carbonyl (C=O) groups is 2. The zero-order valence-corrected chi connectivity index (χ0v) is 12.9. The Labute approximate surface area is 134 Å². The zero-order valence-electron chi connectivity index (χ0n) is 12.9. The van der Waals surface area contributed by atoms with Gasteiger partial charge in [-0.15, -0.1) is 0 Å². The second kappa shape index (κ2) is 6.87. The molecule has 2 heterocycles. The Morgan fingerprint density at radius 3 is 2.83 bits per heavy atom. The summed E-state index contributed by atoms with van der Waals surface area (Å²) in [5, 5.41) is 2.85. The molecular formula is C16H21N3O4. The van der Waals surface area contributed by atoms with E-state index < -0.39 is 0 Å². The highest BCUT2D eigenvalue weighted by molar-refractivity contribution is 5.92. The van der Waals surface area contributed by atoms with Crippen LogP contribution in [0.25, 0.3) is 0 Å². The van der Waals surface area contributed by atoms with Crippen molar-refractivity contribution in [2.75, 3.05) is 38.2 Å². The van der Waals surface area contributed by atoms with Crippen LogP contribution in [0.4, 0.5) is 5.69 Å². The van der Waals surface area contributed by atoms with E-state index in [0.717, 1.165) is 19.4 Å². The number of likely N-dealkylation sites (tertiary alicyclic amines) is 1. The van der Waals surface area contributed by atoms with E-state index in [0.29, 0.717) is 36.9 Å². The normalized spacial score (nSPS) is 20.8. The molecule has 3 N–H and O–H groups in total. The Morgan fingerprint density at radius 2 is 2.04 bits per heavy atom. The fourth-order valence-electron chi connectivity index (χ4n) is 2.96. The van der Waals surface area contributed by atoms with Crippen molar-refractivity contribution in [3.63, 3.8) is 0 Å². The zero-order chi connectivity index (χ0) is 16.2. The van der Waals surface area contributed by atoms with Crippen LogP contribution in [0.1, 0.15) is 12.8 Å². The standard InChI is InChI=1S/C16H21N3O4/c17-16(21)11-2-1-5-19(9-11)10-15(20)18-12-3-4-13-14(8-12)23-7-6-22-13/h3-4,8,11H,1-2,5-7,9-10H2,(H2,17,21)(H,18,20)/t11-/m1/s1. The van der Waals surface area contributed by atoms with Gasteiger partial charge >= 0.3 is 0 Å². The number of piperidine rings is 1. The van der Waals surface area contributed by atoms with Gasteiger partial charge in [0.05, 0.1) is 12.5 Å². The van der Waals surface area contributed by atoms with Crippen molar-refractivity contribution in [3.8, 4) is 11.5 Å². The van der Waals surface area contributed by atoms with Crippen molar-refractivity contribution < 1.29 is 19.1 Å². The highest BCUT2D eigenvalue weighted by atomic mass is 16.6. The van der Waals surface area contributed by atoms with Crippen LogP contribution in [0.5, 0.6) is 11.5 Å². The number of hydrogen-bond acceptors (Lipinski definition) is 5. The highest BCUT2D eigenvalue weighted by Gasteiger charge is 2.25. The molecule has 1 atom stereocenters. The molecule has 124 valence electrons. The molecule has 23 heavy (non-hydrogen) atoms. The molecule has 7 nitrogen and oxygen atoms in total. The predicted octanol–water partition coefficient (Wildman–Crippen LogP) is 0.594. The number of carbonyl (C=O) groups excluding carboxylic acids is 2. The number of rotatable bonds is 4. The molecule has 0 bridgehead atoms. The molecule has 3 rings (SSSR count). The summed E-state index contributed by atoms with van der Waals surface area (Å²) in [7, 11) is 0. The first-order valence-electron chi connectivity index (χ1n) is 7.83. The third-order valence-electron chi connectivity index (χ3n) is 4.10. The summed E-state index contributed by atoms with van der Waals surface area (Å²) in [4.78, 5) is 25.4. The molecular weight excluding hydrogens is 298 g/mol. The Hall–Kier alpha value is -2.28. The second-order valence-corrected chi connectivity index (χ2v) is 5.88. The first-order chi connectivity index (χ1) is 11.1. The summed E-state index contributed by atoms with van der Waals surface area (Å²) < 4.78 is 10.9. The number of nitrogens with two attached hydrogens (primary N) is 1. The van der Waals surface area contributed by atoms with E-state index in [1.807, 2.05) is 4.90 Å². The Kier molecular flexibility index (Phi) is 4.66. The Balaban J connectivity index is 1.56. The molecule has 1 aromatic carbocycles. The quantitative estimate of drug-likeness (QED) is 0.847. The van der Waals surface area contributed by atoms with Crippen LogP contribution in [-0.4, -0.2) is 49.6 Å². The smallest absolute Gasteiger partial charge is 0.238 e. The highest BCUT2D eigenvalue weighted by Crippen LogP contribution is 2.32. The Morgan fingerprint density at radius 1 is 1.26 bits per heavy atom. The van der Waals surface area contributed by atoms with Crippen LogP contribution >= 0.6 is 0 Å². The maximum absolute atomic E-state index is 12.2. The van der Waals surface area contributed by atoms with Crippen molar-refractivity contribution in [1.29, 1.82) is 0 Å². The van der Waals surface area contributed by atoms with Crippen LogP contribution in [0.15, 0.2) is 18.2 Å². The van der Waals surface area contributed by atoms with Gasteiger partial charge in [0, 0.05) is 18.3 Å². The number of anilines is 1. The number of primary amides is 1. The van der Waals surface area contributed by atoms with Crippen LogP contribution in [0.3, 0.4) is 0 Å². The van der Waals surface area contributed by atoms with Gasteiger partial charge in [-0.1, -0.05) is 0 Å². The number of nitrogens with zero attached hydrogens (tertiary/aromatic N) is 1. The molecule has 1 fully saturated rings. The minimum Gasteiger partial charge on any atom is -0.486 e. The van der Waals surface area contributed by atoms with E-state index >= 15 is 0 Å². The van der Waals surface area contributed by atoms with E-state index in [2.05, 4.69) is 5.32 Å². The Bertz CT molecular complexity index is 605. The predicted molar refractivity (Wildman–Crippen MR) is 84.4 cm³/mol. The van der Waals surface area contributed by atoms with Crippen molar-refractivity contribution in [3.05, 3.63) is 18.2 Å². The minimum absolute atomic E-state index is 0.119. The van der Waals surface area contributed by atoms with Crippen LogP contribution in [0, 0.1) is 5.92 Å². The molecule has 1 saturated heterocycles. The monoisotopic (exact) mass is 319 g/mol. The first-order valence-corrected chi connectivity index (χ1v) is 7.83. The summed E-state index contributed by atoms with van der Waals surface area (Å²) in [6.07, 6.45) is 1.68. The van der Waals surface area contributed by atoms with Gasteiger partial charge in [0.25, 0.3) is 0 Å². The van der Waals surface area contributed by atoms with Crippen LogP contribution in [0.2, 0.25) is 0 Å². The second-order valence-electron chi connectivity index (χ2n) is 5.88. The molecule has 0 spiro atoms. The van der Waals surface area contributed by atoms with Gasteiger partial charge in [0.1, 0.15) is 13.2 Å². The molecule has 0 aliphatic carbocycles. The molecule has 2 amide bonds. The number of fused-ring (bicyclic) bond motifs is 1. The SMILES string of the molecule is NC(=O)[C@@H]1CCCN(CC(=O)Nc2ccc3c(c2)OCCO3)C1. The van der Waals surface area contributed by atoms with E-state index in [1.165, 1.54) is 0 Å². The summed E-state index contributed by atoms with van der Waals surface area (Å²) in [6.45, 7) is 2.64. The maximum Gasteiger partial charge on any atom is 0.238 e. The number of benzene rings is 1. The summed E-state index contributed by atoms with van der Waals surface area (Å²) in [5.41, 5.74) is 6.03. The van der Waals surface area contributed by atoms with Gasteiger partial charge in [-0.3, -0.25) is 14.5 Å².